The van der Waals surface area contributed by atoms with Crippen molar-refractivity contribution < 1.29 is 4.74 Å². The lowest BCUT2D eigenvalue weighted by Gasteiger charge is -2.05. The molecule has 0 aliphatic heterocycles. The molecule has 0 radical (unpaired) electrons. The van der Waals surface area contributed by atoms with Crippen LogP contribution in [0.2, 0.25) is 0 Å². The molecule has 0 bridgehead atoms. The van der Waals surface area contributed by atoms with Gasteiger partial charge in [0.05, 0.1) is 6.61 Å². The number of ether oxygens (including phenoxy) is 1. The third-order valence-electron chi connectivity index (χ3n) is 2.52. The monoisotopic (exact) mass is 213 g/mol. The molecule has 0 aliphatic carbocycles. The van der Waals surface area contributed by atoms with Gasteiger partial charge in [0.2, 0.25) is 0 Å². The van der Waals surface area contributed by atoms with E-state index in [2.05, 4.69) is 13.0 Å². The van der Waals surface area contributed by atoms with Crippen molar-refractivity contribution in [1.82, 2.24) is 0 Å². The summed E-state index contributed by atoms with van der Waals surface area (Å²) in [5.74, 6) is 0. The first kappa shape index (κ1) is 14.7. The molecule has 0 atom stereocenters. The average Bonchev–Trinajstić information content (AvgIpc) is 2.25. The van der Waals surface area contributed by atoms with Crippen LogP contribution < -0.4 is 5.73 Å². The number of methoxy groups -OCH3 is 1. The normalized spacial score (nSPS) is 12.1. The topological polar surface area (TPSA) is 35.2 Å². The fourth-order valence-corrected chi connectivity index (χ4v) is 1.62. The van der Waals surface area contributed by atoms with Gasteiger partial charge in [0, 0.05) is 7.11 Å². The lowest BCUT2D eigenvalue weighted by atomic mass is 10.1. The SMILES string of the molecule is CCCCCC/C=C(/CCCN)COC. The van der Waals surface area contributed by atoms with Crippen LogP contribution in [0, 0.1) is 0 Å². The quantitative estimate of drug-likeness (QED) is 0.446. The van der Waals surface area contributed by atoms with Crippen molar-refractivity contribution in [2.24, 2.45) is 5.73 Å². The Morgan fingerprint density at radius 1 is 1.20 bits per heavy atom. The van der Waals surface area contributed by atoms with E-state index in [1.54, 1.807) is 7.11 Å². The van der Waals surface area contributed by atoms with Crippen LogP contribution in [0.3, 0.4) is 0 Å². The van der Waals surface area contributed by atoms with Gasteiger partial charge in [-0.1, -0.05) is 32.3 Å². The van der Waals surface area contributed by atoms with E-state index in [0.29, 0.717) is 0 Å². The second-order valence-electron chi connectivity index (χ2n) is 4.04. The maximum Gasteiger partial charge on any atom is 0.0673 e. The fraction of sp³-hybridized carbons (Fsp3) is 0.846. The summed E-state index contributed by atoms with van der Waals surface area (Å²) >= 11 is 0. The van der Waals surface area contributed by atoms with Gasteiger partial charge in [-0.15, -0.1) is 0 Å². The Hall–Kier alpha value is -0.340. The molecule has 2 heteroatoms. The fourth-order valence-electron chi connectivity index (χ4n) is 1.62. The summed E-state index contributed by atoms with van der Waals surface area (Å²) in [5, 5.41) is 0. The molecule has 0 rings (SSSR count). The Balaban J connectivity index is 3.63. The molecule has 90 valence electrons. The van der Waals surface area contributed by atoms with E-state index < -0.39 is 0 Å². The van der Waals surface area contributed by atoms with Gasteiger partial charge in [-0.25, -0.2) is 0 Å². The number of rotatable bonds is 10. The zero-order valence-electron chi connectivity index (χ0n) is 10.4. The van der Waals surface area contributed by atoms with Crippen LogP contribution in [0.4, 0.5) is 0 Å². The van der Waals surface area contributed by atoms with E-state index in [0.717, 1.165) is 26.0 Å². The molecule has 0 amide bonds. The van der Waals surface area contributed by atoms with Crippen LogP contribution in [0.25, 0.3) is 0 Å². The standard InChI is InChI=1S/C13H27NO/c1-3-4-5-6-7-9-13(12-15-2)10-8-11-14/h9H,3-8,10-12,14H2,1-2H3/b13-9-. The predicted molar refractivity (Wildman–Crippen MR) is 67.0 cm³/mol. The van der Waals surface area contributed by atoms with Gasteiger partial charge < -0.3 is 10.5 Å². The van der Waals surface area contributed by atoms with Gasteiger partial charge in [0.15, 0.2) is 0 Å². The van der Waals surface area contributed by atoms with Gasteiger partial charge in [-0.05, 0) is 37.8 Å². The van der Waals surface area contributed by atoms with Crippen molar-refractivity contribution in [2.75, 3.05) is 20.3 Å². The second kappa shape index (κ2) is 11.7. The molecule has 2 nitrogen and oxygen atoms in total. The second-order valence-corrected chi connectivity index (χ2v) is 4.04. The highest BCUT2D eigenvalue weighted by molar-refractivity contribution is 5.02. The summed E-state index contributed by atoms with van der Waals surface area (Å²) in [5.41, 5.74) is 6.92. The zero-order chi connectivity index (χ0) is 11.4. The van der Waals surface area contributed by atoms with Crippen LogP contribution in [-0.2, 0) is 4.74 Å². The van der Waals surface area contributed by atoms with E-state index in [-0.39, 0.29) is 0 Å². The van der Waals surface area contributed by atoms with Gasteiger partial charge in [0.25, 0.3) is 0 Å². The zero-order valence-corrected chi connectivity index (χ0v) is 10.4. The molecular weight excluding hydrogens is 186 g/mol. The Bertz CT molecular complexity index is 155. The molecule has 0 aromatic rings. The Labute approximate surface area is 94.9 Å². The summed E-state index contributed by atoms with van der Waals surface area (Å²) in [6.07, 6.45) is 11.0. The summed E-state index contributed by atoms with van der Waals surface area (Å²) < 4.78 is 5.17. The van der Waals surface area contributed by atoms with Gasteiger partial charge in [-0.3, -0.25) is 0 Å². The Morgan fingerprint density at radius 3 is 2.60 bits per heavy atom. The highest BCUT2D eigenvalue weighted by Crippen LogP contribution is 2.09. The average molecular weight is 213 g/mol. The maximum atomic E-state index is 5.50. The summed E-state index contributed by atoms with van der Waals surface area (Å²) in [4.78, 5) is 0. The van der Waals surface area contributed by atoms with Crippen molar-refractivity contribution in [3.63, 3.8) is 0 Å². The van der Waals surface area contributed by atoms with Crippen molar-refractivity contribution in [2.45, 2.75) is 51.9 Å². The van der Waals surface area contributed by atoms with Crippen molar-refractivity contribution >= 4 is 0 Å². The van der Waals surface area contributed by atoms with Crippen molar-refractivity contribution in [3.8, 4) is 0 Å². The molecule has 0 saturated heterocycles. The van der Waals surface area contributed by atoms with Gasteiger partial charge in [-0.2, -0.15) is 0 Å². The number of hydrogen-bond donors (Lipinski definition) is 1. The molecular formula is C13H27NO. The molecule has 15 heavy (non-hydrogen) atoms. The first-order chi connectivity index (χ1) is 7.35. The van der Waals surface area contributed by atoms with Gasteiger partial charge in [0.1, 0.15) is 0 Å². The minimum Gasteiger partial charge on any atom is -0.380 e. The Morgan fingerprint density at radius 2 is 2.00 bits per heavy atom. The minimum absolute atomic E-state index is 0.772. The predicted octanol–water partition coefficient (Wildman–Crippen LogP) is 3.27. The number of hydrogen-bond acceptors (Lipinski definition) is 2. The molecule has 0 aromatic heterocycles. The molecule has 0 fully saturated rings. The molecule has 2 N–H and O–H groups in total. The van der Waals surface area contributed by atoms with Crippen LogP contribution >= 0.6 is 0 Å². The van der Waals surface area contributed by atoms with Crippen molar-refractivity contribution in [3.05, 3.63) is 11.6 Å². The number of unbranched alkanes of at least 4 members (excludes halogenated alkanes) is 4. The highest BCUT2D eigenvalue weighted by Gasteiger charge is 1.96. The number of allylic oxidation sites excluding steroid dienone is 1. The molecule has 0 unspecified atom stereocenters. The van der Waals surface area contributed by atoms with E-state index in [1.165, 1.54) is 37.7 Å². The van der Waals surface area contributed by atoms with Crippen LogP contribution in [0.15, 0.2) is 11.6 Å². The summed E-state index contributed by atoms with van der Waals surface area (Å²) in [7, 11) is 1.76. The first-order valence-corrected chi connectivity index (χ1v) is 6.22. The minimum atomic E-state index is 0.772. The largest absolute Gasteiger partial charge is 0.380 e. The molecule has 0 spiro atoms. The van der Waals surface area contributed by atoms with Crippen molar-refractivity contribution in [1.29, 1.82) is 0 Å². The highest BCUT2D eigenvalue weighted by atomic mass is 16.5. The van der Waals surface area contributed by atoms with Crippen LogP contribution in [0.5, 0.6) is 0 Å². The smallest absolute Gasteiger partial charge is 0.0673 e. The van der Waals surface area contributed by atoms with E-state index in [4.69, 9.17) is 10.5 Å². The summed E-state index contributed by atoms with van der Waals surface area (Å²) in [6.45, 7) is 3.79. The van der Waals surface area contributed by atoms with E-state index >= 15 is 0 Å². The summed E-state index contributed by atoms with van der Waals surface area (Å²) in [6, 6.07) is 0. The lowest BCUT2D eigenvalue weighted by Crippen LogP contribution is -2.02. The maximum absolute atomic E-state index is 5.50. The molecule has 0 aromatic carbocycles. The third kappa shape index (κ3) is 9.95. The molecule has 0 saturated carbocycles. The third-order valence-corrected chi connectivity index (χ3v) is 2.52. The van der Waals surface area contributed by atoms with E-state index in [1.807, 2.05) is 0 Å². The van der Waals surface area contributed by atoms with Gasteiger partial charge >= 0.3 is 0 Å². The molecule has 0 aliphatic rings. The Kier molecular flexibility index (Phi) is 11.5. The van der Waals surface area contributed by atoms with E-state index in [9.17, 15) is 0 Å². The lowest BCUT2D eigenvalue weighted by molar-refractivity contribution is 0.222. The van der Waals surface area contributed by atoms with Crippen LogP contribution in [-0.4, -0.2) is 20.3 Å². The molecule has 0 heterocycles. The first-order valence-electron chi connectivity index (χ1n) is 6.22. The number of nitrogens with two attached hydrogens (primary N) is 1. The van der Waals surface area contributed by atoms with Crippen LogP contribution in [0.1, 0.15) is 51.9 Å².